The summed E-state index contributed by atoms with van der Waals surface area (Å²) < 4.78 is 9.80. The molecule has 0 fully saturated rings. The van der Waals surface area contributed by atoms with Crippen molar-refractivity contribution in [3.63, 3.8) is 0 Å². The van der Waals surface area contributed by atoms with Crippen molar-refractivity contribution in [1.29, 1.82) is 0 Å². The lowest BCUT2D eigenvalue weighted by Crippen LogP contribution is -2.30. The summed E-state index contributed by atoms with van der Waals surface area (Å²) in [5, 5.41) is 6.01. The summed E-state index contributed by atoms with van der Waals surface area (Å²) in [4.78, 5) is 32.4. The van der Waals surface area contributed by atoms with Gasteiger partial charge >= 0.3 is 6.09 Å². The fraction of sp³-hybridized carbons (Fsp3) is 0.300. The molecule has 0 bridgehead atoms. The van der Waals surface area contributed by atoms with Gasteiger partial charge in [-0.25, -0.2) is 4.79 Å². The Kier molecular flexibility index (Phi) is 6.33. The molecule has 0 saturated carbocycles. The number of nitrogens with one attached hydrogen (secondary N) is 2. The Morgan fingerprint density at radius 3 is 2.79 bits per heavy atom. The molecule has 2 aromatic rings. The Hall–Kier alpha value is -3.13. The minimum absolute atomic E-state index is 0.127. The maximum atomic E-state index is 12.5. The molecule has 2 amide bonds. The molecule has 8 nitrogen and oxygen atoms in total. The summed E-state index contributed by atoms with van der Waals surface area (Å²) >= 11 is 6.05. The molecule has 1 aliphatic rings. The summed E-state index contributed by atoms with van der Waals surface area (Å²) in [6.07, 6.45) is 1.14. The highest BCUT2D eigenvalue weighted by molar-refractivity contribution is 6.32. The quantitative estimate of drug-likeness (QED) is 0.780. The van der Waals surface area contributed by atoms with Crippen molar-refractivity contribution in [2.24, 2.45) is 4.99 Å². The van der Waals surface area contributed by atoms with Gasteiger partial charge in [0.2, 0.25) is 5.91 Å². The van der Waals surface area contributed by atoms with E-state index in [0.717, 1.165) is 16.7 Å². The molecule has 9 heteroatoms. The molecular formula is C20H21ClN4O4. The molecule has 29 heavy (non-hydrogen) atoms. The van der Waals surface area contributed by atoms with Crippen LogP contribution in [0.5, 0.6) is 5.75 Å². The number of pyridine rings is 1. The van der Waals surface area contributed by atoms with Crippen LogP contribution in [0.2, 0.25) is 5.02 Å². The van der Waals surface area contributed by atoms with Gasteiger partial charge in [0.05, 0.1) is 43.9 Å². The number of ether oxygens (including phenoxy) is 2. The Morgan fingerprint density at radius 2 is 2.07 bits per heavy atom. The molecule has 1 aromatic carbocycles. The number of benzene rings is 1. The predicted molar refractivity (Wildman–Crippen MR) is 108 cm³/mol. The standard InChI is InChI=1S/C20H21ClN4O4/c1-11(12-4-5-16(21)17(7-12)28-2)24-18(26)8-14-6-13-9-23-19(15(13)10-22-14)25-20(27)29-3/h4-7,10-11H,8-9H2,1-3H3,(H,24,26)(H,23,25,27)/t11-/m1/s1. The highest BCUT2D eigenvalue weighted by atomic mass is 35.5. The van der Waals surface area contributed by atoms with E-state index >= 15 is 0 Å². The Labute approximate surface area is 173 Å². The van der Waals surface area contributed by atoms with Crippen molar-refractivity contribution in [2.75, 3.05) is 14.2 Å². The molecule has 1 atom stereocenters. The van der Waals surface area contributed by atoms with Gasteiger partial charge in [-0.05, 0) is 36.2 Å². The molecule has 0 saturated heterocycles. The van der Waals surface area contributed by atoms with Crippen molar-refractivity contribution in [1.82, 2.24) is 15.6 Å². The second kappa shape index (κ2) is 8.91. The summed E-state index contributed by atoms with van der Waals surface area (Å²) in [7, 11) is 2.83. The van der Waals surface area contributed by atoms with Crippen LogP contribution in [0.3, 0.4) is 0 Å². The van der Waals surface area contributed by atoms with Crippen molar-refractivity contribution < 1.29 is 19.1 Å². The number of methoxy groups -OCH3 is 2. The number of hydrogen-bond donors (Lipinski definition) is 2. The van der Waals surface area contributed by atoms with Gasteiger partial charge in [-0.3, -0.25) is 20.1 Å². The number of alkyl carbamates (subject to hydrolysis) is 1. The van der Waals surface area contributed by atoms with Gasteiger partial charge in [0.25, 0.3) is 0 Å². The molecule has 1 aromatic heterocycles. The fourth-order valence-corrected chi connectivity index (χ4v) is 3.17. The average molecular weight is 417 g/mol. The first-order valence-electron chi connectivity index (χ1n) is 8.91. The lowest BCUT2D eigenvalue weighted by Gasteiger charge is -2.16. The zero-order chi connectivity index (χ0) is 21.0. The third-order valence-electron chi connectivity index (χ3n) is 4.51. The van der Waals surface area contributed by atoms with Crippen LogP contribution in [0.25, 0.3) is 0 Å². The first kappa shape index (κ1) is 20.6. The molecular weight excluding hydrogens is 396 g/mol. The topological polar surface area (TPSA) is 102 Å². The van der Waals surface area contributed by atoms with Crippen LogP contribution in [0, 0.1) is 0 Å². The first-order chi connectivity index (χ1) is 13.9. The van der Waals surface area contributed by atoms with Crippen LogP contribution in [0.4, 0.5) is 4.79 Å². The Balaban J connectivity index is 1.62. The van der Waals surface area contributed by atoms with Gasteiger partial charge < -0.3 is 14.8 Å². The number of fused-ring (bicyclic) bond motifs is 1. The highest BCUT2D eigenvalue weighted by Crippen LogP contribution is 2.27. The van der Waals surface area contributed by atoms with Crippen LogP contribution in [0.15, 0.2) is 35.5 Å². The van der Waals surface area contributed by atoms with E-state index in [1.165, 1.54) is 7.11 Å². The van der Waals surface area contributed by atoms with Gasteiger partial charge in [0.1, 0.15) is 11.6 Å². The van der Waals surface area contributed by atoms with Gasteiger partial charge in [-0.1, -0.05) is 17.7 Å². The molecule has 0 unspecified atom stereocenters. The fourth-order valence-electron chi connectivity index (χ4n) is 2.98. The van der Waals surface area contributed by atoms with E-state index in [4.69, 9.17) is 16.3 Å². The number of aliphatic imine (C=N–C) groups is 1. The lowest BCUT2D eigenvalue weighted by atomic mass is 10.1. The highest BCUT2D eigenvalue weighted by Gasteiger charge is 2.20. The Morgan fingerprint density at radius 1 is 1.28 bits per heavy atom. The van der Waals surface area contributed by atoms with Crippen molar-refractivity contribution in [2.45, 2.75) is 25.9 Å². The molecule has 0 radical (unpaired) electrons. The zero-order valence-electron chi connectivity index (χ0n) is 16.3. The number of amides is 2. The number of rotatable bonds is 5. The number of amidine groups is 1. The molecule has 0 spiro atoms. The molecule has 3 rings (SSSR count). The number of aromatic nitrogens is 1. The van der Waals surface area contributed by atoms with Crippen molar-refractivity contribution in [3.05, 3.63) is 57.9 Å². The maximum Gasteiger partial charge on any atom is 0.412 e. The summed E-state index contributed by atoms with van der Waals surface area (Å²) in [6, 6.07) is 6.98. The van der Waals surface area contributed by atoms with Crippen LogP contribution >= 0.6 is 11.6 Å². The van der Waals surface area contributed by atoms with Crippen LogP contribution < -0.4 is 15.4 Å². The second-order valence-electron chi connectivity index (χ2n) is 6.47. The molecule has 152 valence electrons. The maximum absolute atomic E-state index is 12.5. The van der Waals surface area contributed by atoms with Crippen molar-refractivity contribution >= 4 is 29.4 Å². The number of nitrogens with zero attached hydrogens (tertiary/aromatic N) is 2. The van der Waals surface area contributed by atoms with E-state index < -0.39 is 6.09 Å². The number of carbonyl (C=O) groups is 2. The van der Waals surface area contributed by atoms with Gasteiger partial charge in [0.15, 0.2) is 0 Å². The summed E-state index contributed by atoms with van der Waals surface area (Å²) in [6.45, 7) is 2.29. The largest absolute Gasteiger partial charge is 0.495 e. The zero-order valence-corrected chi connectivity index (χ0v) is 17.0. The predicted octanol–water partition coefficient (Wildman–Crippen LogP) is 2.78. The van der Waals surface area contributed by atoms with Crippen LogP contribution in [0.1, 0.15) is 35.3 Å². The molecule has 2 N–H and O–H groups in total. The van der Waals surface area contributed by atoms with E-state index in [-0.39, 0.29) is 18.4 Å². The third-order valence-corrected chi connectivity index (χ3v) is 4.82. The van der Waals surface area contributed by atoms with E-state index in [0.29, 0.717) is 28.8 Å². The van der Waals surface area contributed by atoms with E-state index in [1.54, 1.807) is 25.4 Å². The van der Waals surface area contributed by atoms with Gasteiger partial charge in [-0.15, -0.1) is 0 Å². The van der Waals surface area contributed by atoms with E-state index in [2.05, 4.69) is 25.3 Å². The normalized spacial score (nSPS) is 13.2. The second-order valence-corrected chi connectivity index (χ2v) is 6.88. The van der Waals surface area contributed by atoms with Gasteiger partial charge in [-0.2, -0.15) is 0 Å². The van der Waals surface area contributed by atoms with Gasteiger partial charge in [0, 0.05) is 11.8 Å². The first-order valence-corrected chi connectivity index (χ1v) is 9.29. The molecule has 2 heterocycles. The van der Waals surface area contributed by atoms with E-state index in [9.17, 15) is 9.59 Å². The number of halogens is 1. The van der Waals surface area contributed by atoms with E-state index in [1.807, 2.05) is 19.1 Å². The summed E-state index contributed by atoms with van der Waals surface area (Å²) in [5.74, 6) is 0.813. The monoisotopic (exact) mass is 416 g/mol. The van der Waals surface area contributed by atoms with Crippen LogP contribution in [-0.4, -0.2) is 37.0 Å². The molecule has 1 aliphatic heterocycles. The summed E-state index contributed by atoms with van der Waals surface area (Å²) in [5.41, 5.74) is 3.12. The van der Waals surface area contributed by atoms with Crippen LogP contribution in [-0.2, 0) is 22.5 Å². The molecule has 0 aliphatic carbocycles. The smallest absolute Gasteiger partial charge is 0.412 e. The van der Waals surface area contributed by atoms with Crippen molar-refractivity contribution in [3.8, 4) is 5.75 Å². The Bertz CT molecular complexity index is 977. The average Bonchev–Trinajstić information content (AvgIpc) is 3.09. The number of carbonyl (C=O) groups excluding carboxylic acids is 2. The minimum Gasteiger partial charge on any atom is -0.495 e. The minimum atomic E-state index is -0.590. The third kappa shape index (κ3) is 4.83. The number of hydrogen-bond acceptors (Lipinski definition) is 6. The lowest BCUT2D eigenvalue weighted by molar-refractivity contribution is -0.121. The SMILES string of the molecule is COC(=O)NC1=NCc2cc(CC(=O)N[C@H](C)c3ccc(Cl)c(OC)c3)ncc21.